The highest BCUT2D eigenvalue weighted by Crippen LogP contribution is 2.35. The van der Waals surface area contributed by atoms with Crippen LogP contribution in [0.25, 0.3) is 21.7 Å². The SMILES string of the molecule is Cc1cccc(-n2c(=O)c3c4c(sc3n3c(=S)[nH]nc23)CCCC4)c1. The fourth-order valence-corrected chi connectivity index (χ4v) is 5.41. The van der Waals surface area contributed by atoms with Gasteiger partial charge in [-0.15, -0.1) is 16.4 Å². The van der Waals surface area contributed by atoms with Crippen molar-refractivity contribution < 1.29 is 0 Å². The number of nitrogens with zero attached hydrogens (tertiary/aromatic N) is 3. The number of hydrogen-bond donors (Lipinski definition) is 1. The number of thiophene rings is 1. The molecule has 1 aliphatic carbocycles. The Balaban J connectivity index is 2.02. The van der Waals surface area contributed by atoms with E-state index in [2.05, 4.69) is 10.2 Å². The minimum absolute atomic E-state index is 0.00139. The molecule has 4 aromatic rings. The largest absolute Gasteiger partial charge is 0.268 e. The minimum atomic E-state index is 0.00139. The minimum Gasteiger partial charge on any atom is -0.268 e. The quantitative estimate of drug-likeness (QED) is 0.518. The summed E-state index contributed by atoms with van der Waals surface area (Å²) in [5.41, 5.74) is 3.13. The van der Waals surface area contributed by atoms with Gasteiger partial charge in [0.25, 0.3) is 5.56 Å². The van der Waals surface area contributed by atoms with Gasteiger partial charge in [0.2, 0.25) is 10.5 Å². The van der Waals surface area contributed by atoms with Crippen LogP contribution in [-0.2, 0) is 12.8 Å². The Morgan fingerprint density at radius 1 is 1.28 bits per heavy atom. The van der Waals surface area contributed by atoms with Crippen LogP contribution in [0.5, 0.6) is 0 Å². The molecule has 126 valence electrons. The lowest BCUT2D eigenvalue weighted by atomic mass is 9.97. The molecule has 0 aliphatic heterocycles. The first-order chi connectivity index (χ1) is 12.1. The predicted molar refractivity (Wildman–Crippen MR) is 103 cm³/mol. The molecule has 1 aromatic carbocycles. The van der Waals surface area contributed by atoms with Crippen LogP contribution in [0.1, 0.15) is 28.8 Å². The highest BCUT2D eigenvalue weighted by atomic mass is 32.1. The second-order valence-corrected chi connectivity index (χ2v) is 8.01. The average Bonchev–Trinajstić information content (AvgIpc) is 3.16. The van der Waals surface area contributed by atoms with Crippen LogP contribution in [0.15, 0.2) is 29.1 Å². The summed E-state index contributed by atoms with van der Waals surface area (Å²) in [4.78, 5) is 15.7. The molecule has 0 bridgehead atoms. The van der Waals surface area contributed by atoms with Gasteiger partial charge in [-0.05, 0) is 68.1 Å². The number of nitrogens with one attached hydrogen (secondary N) is 1. The molecule has 25 heavy (non-hydrogen) atoms. The molecule has 0 fully saturated rings. The molecular formula is C18H16N4OS2. The fraction of sp³-hybridized carbons (Fsp3) is 0.278. The van der Waals surface area contributed by atoms with Crippen molar-refractivity contribution in [3.05, 3.63) is 55.4 Å². The van der Waals surface area contributed by atoms with Gasteiger partial charge in [-0.2, -0.15) is 0 Å². The van der Waals surface area contributed by atoms with Crippen molar-refractivity contribution in [2.45, 2.75) is 32.6 Å². The van der Waals surface area contributed by atoms with E-state index >= 15 is 0 Å². The first-order valence-electron chi connectivity index (χ1n) is 8.38. The van der Waals surface area contributed by atoms with Crippen molar-refractivity contribution in [1.82, 2.24) is 19.2 Å². The molecule has 5 nitrogen and oxygen atoms in total. The van der Waals surface area contributed by atoms with Crippen LogP contribution in [0.4, 0.5) is 0 Å². The number of hydrogen-bond acceptors (Lipinski definition) is 4. The van der Waals surface area contributed by atoms with E-state index in [-0.39, 0.29) is 5.56 Å². The van der Waals surface area contributed by atoms with E-state index in [4.69, 9.17) is 12.2 Å². The van der Waals surface area contributed by atoms with Crippen LogP contribution in [0.3, 0.4) is 0 Å². The van der Waals surface area contributed by atoms with E-state index in [1.807, 2.05) is 35.6 Å². The highest BCUT2D eigenvalue weighted by Gasteiger charge is 2.23. The molecule has 0 amide bonds. The normalized spacial score (nSPS) is 14.3. The zero-order valence-corrected chi connectivity index (χ0v) is 15.3. The van der Waals surface area contributed by atoms with E-state index in [1.165, 1.54) is 16.9 Å². The van der Waals surface area contributed by atoms with Gasteiger partial charge in [-0.3, -0.25) is 4.79 Å². The second-order valence-electron chi connectivity index (χ2n) is 6.53. The van der Waals surface area contributed by atoms with E-state index < -0.39 is 0 Å². The Labute approximate surface area is 152 Å². The number of H-pyrrole nitrogens is 1. The number of aryl methyl sites for hydroxylation is 3. The van der Waals surface area contributed by atoms with Gasteiger partial charge in [-0.1, -0.05) is 12.1 Å². The molecule has 7 heteroatoms. The molecule has 0 radical (unpaired) electrons. The summed E-state index contributed by atoms with van der Waals surface area (Å²) in [5.74, 6) is 0.548. The topological polar surface area (TPSA) is 55.1 Å². The summed E-state index contributed by atoms with van der Waals surface area (Å²) in [6.07, 6.45) is 4.34. The van der Waals surface area contributed by atoms with Crippen molar-refractivity contribution in [3.8, 4) is 5.69 Å². The molecule has 0 unspecified atom stereocenters. The van der Waals surface area contributed by atoms with E-state index in [0.29, 0.717) is 10.5 Å². The third kappa shape index (κ3) is 2.09. The highest BCUT2D eigenvalue weighted by molar-refractivity contribution is 7.71. The predicted octanol–water partition coefficient (Wildman–Crippen LogP) is 3.94. The third-order valence-electron chi connectivity index (χ3n) is 4.89. The van der Waals surface area contributed by atoms with E-state index in [0.717, 1.165) is 40.7 Å². The van der Waals surface area contributed by atoms with Crippen molar-refractivity contribution >= 4 is 39.5 Å². The van der Waals surface area contributed by atoms with Crippen LogP contribution in [-0.4, -0.2) is 19.2 Å². The summed E-state index contributed by atoms with van der Waals surface area (Å²) < 4.78 is 4.13. The Morgan fingerprint density at radius 2 is 2.12 bits per heavy atom. The zero-order chi connectivity index (χ0) is 17.1. The molecule has 1 aliphatic rings. The standard InChI is InChI=1S/C18H16N4OS2/c1-10-5-4-6-11(9-10)21-15(23)14-12-7-2-3-8-13(12)25-16(14)22-17(21)19-20-18(22)24/h4-6,9H,2-3,7-8H2,1H3,(H,20,24). The molecule has 0 saturated heterocycles. The van der Waals surface area contributed by atoms with Crippen molar-refractivity contribution in [2.24, 2.45) is 0 Å². The monoisotopic (exact) mass is 368 g/mol. The second kappa shape index (κ2) is 5.37. The summed E-state index contributed by atoms with van der Waals surface area (Å²) in [7, 11) is 0. The summed E-state index contributed by atoms with van der Waals surface area (Å²) in [6.45, 7) is 2.02. The maximum atomic E-state index is 13.5. The van der Waals surface area contributed by atoms with Gasteiger partial charge < -0.3 is 0 Å². The zero-order valence-electron chi connectivity index (χ0n) is 13.7. The van der Waals surface area contributed by atoms with Gasteiger partial charge in [0.15, 0.2) is 0 Å². The van der Waals surface area contributed by atoms with Crippen molar-refractivity contribution in [1.29, 1.82) is 0 Å². The molecule has 0 atom stereocenters. The lowest BCUT2D eigenvalue weighted by molar-refractivity contribution is 0.699. The lowest BCUT2D eigenvalue weighted by Crippen LogP contribution is -2.22. The first-order valence-corrected chi connectivity index (χ1v) is 9.61. The summed E-state index contributed by atoms with van der Waals surface area (Å²) in [6, 6.07) is 7.93. The molecule has 0 saturated carbocycles. The van der Waals surface area contributed by atoms with Gasteiger partial charge in [0.05, 0.1) is 11.1 Å². The number of aromatic nitrogens is 4. The third-order valence-corrected chi connectivity index (χ3v) is 6.44. The Morgan fingerprint density at radius 3 is 2.96 bits per heavy atom. The number of fused-ring (bicyclic) bond motifs is 5. The maximum Gasteiger partial charge on any atom is 0.268 e. The van der Waals surface area contributed by atoms with Gasteiger partial charge in [0, 0.05) is 4.88 Å². The number of benzene rings is 1. The summed E-state index contributed by atoms with van der Waals surface area (Å²) >= 11 is 7.16. The number of aromatic amines is 1. The average molecular weight is 368 g/mol. The fourth-order valence-electron chi connectivity index (χ4n) is 3.75. The molecule has 3 aromatic heterocycles. The maximum absolute atomic E-state index is 13.5. The Hall–Kier alpha value is -2.25. The van der Waals surface area contributed by atoms with Crippen LogP contribution in [0, 0.1) is 11.7 Å². The van der Waals surface area contributed by atoms with E-state index in [9.17, 15) is 4.79 Å². The molecule has 1 N–H and O–H groups in total. The Bertz CT molecular complexity index is 1260. The molecule has 0 spiro atoms. The van der Waals surface area contributed by atoms with Crippen molar-refractivity contribution in [2.75, 3.05) is 0 Å². The van der Waals surface area contributed by atoms with E-state index in [1.54, 1.807) is 15.9 Å². The summed E-state index contributed by atoms with van der Waals surface area (Å²) in [5, 5.41) is 8.03. The van der Waals surface area contributed by atoms with Crippen LogP contribution < -0.4 is 5.56 Å². The van der Waals surface area contributed by atoms with Crippen LogP contribution >= 0.6 is 23.6 Å². The Kier molecular flexibility index (Phi) is 3.23. The first kappa shape index (κ1) is 15.0. The smallest absolute Gasteiger partial charge is 0.268 e. The molecular weight excluding hydrogens is 352 g/mol. The molecule has 5 rings (SSSR count). The molecule has 3 heterocycles. The van der Waals surface area contributed by atoms with Gasteiger partial charge >= 0.3 is 0 Å². The van der Waals surface area contributed by atoms with Crippen LogP contribution in [0.2, 0.25) is 0 Å². The van der Waals surface area contributed by atoms with Gasteiger partial charge in [0.1, 0.15) is 4.83 Å². The van der Waals surface area contributed by atoms with Gasteiger partial charge in [-0.25, -0.2) is 14.1 Å². The van der Waals surface area contributed by atoms with Crippen molar-refractivity contribution in [3.63, 3.8) is 0 Å². The lowest BCUT2D eigenvalue weighted by Gasteiger charge is -2.11. The number of rotatable bonds is 1.